The Morgan fingerprint density at radius 2 is 1.97 bits per heavy atom. The molecule has 1 fully saturated rings. The number of amides is 1. The third-order valence-corrected chi connectivity index (χ3v) is 5.72. The van der Waals surface area contributed by atoms with Crippen molar-refractivity contribution >= 4 is 17.0 Å². The highest BCUT2D eigenvalue weighted by Crippen LogP contribution is 2.44. The molecule has 4 heterocycles. The predicted octanol–water partition coefficient (Wildman–Crippen LogP) is 4.13. The van der Waals surface area contributed by atoms with E-state index in [-0.39, 0.29) is 11.5 Å². The zero-order valence-electron chi connectivity index (χ0n) is 16.8. The minimum Gasteiger partial charge on any atom is -0.444 e. The van der Waals surface area contributed by atoms with Crippen molar-refractivity contribution in [1.82, 2.24) is 19.7 Å². The topological polar surface area (TPSA) is 60.2 Å². The molecule has 0 aliphatic carbocycles. The van der Waals surface area contributed by atoms with Gasteiger partial charge in [0.2, 0.25) is 5.95 Å². The fourth-order valence-electron chi connectivity index (χ4n) is 4.33. The maximum Gasteiger partial charge on any atom is 0.410 e. The standard InChI is InChI=1S/C22H23FN4O2/c1-21(2,3)29-20(28)26-12-22(13-26)8-9-27-18(22)11-17(25-27)15-10-14-6-4-5-7-16(14)24-19(15)23/h4-7,10-11H,8-9,12-13H2,1-3H3. The summed E-state index contributed by atoms with van der Waals surface area (Å²) in [5.74, 6) is -0.515. The van der Waals surface area contributed by atoms with Crippen LogP contribution in [0.4, 0.5) is 9.18 Å². The number of halogens is 1. The number of aryl methyl sites for hydroxylation is 1. The van der Waals surface area contributed by atoms with E-state index in [1.165, 1.54) is 0 Å². The molecule has 0 N–H and O–H groups in total. The van der Waals surface area contributed by atoms with E-state index in [1.807, 2.05) is 49.7 Å². The van der Waals surface area contributed by atoms with Crippen LogP contribution in [0.1, 0.15) is 32.9 Å². The Morgan fingerprint density at radius 3 is 2.72 bits per heavy atom. The van der Waals surface area contributed by atoms with Gasteiger partial charge in [0, 0.05) is 36.1 Å². The smallest absolute Gasteiger partial charge is 0.410 e. The summed E-state index contributed by atoms with van der Waals surface area (Å²) in [6.45, 7) is 7.56. The van der Waals surface area contributed by atoms with Crippen molar-refractivity contribution in [3.63, 3.8) is 0 Å². The first-order chi connectivity index (χ1) is 13.7. The number of pyridine rings is 1. The van der Waals surface area contributed by atoms with Crippen molar-refractivity contribution in [3.05, 3.63) is 48.0 Å². The molecule has 1 spiro atoms. The Kier molecular flexibility index (Phi) is 3.75. The maximum atomic E-state index is 14.7. The molecule has 0 bridgehead atoms. The SMILES string of the molecule is CC(C)(C)OC(=O)N1CC2(CCn3nc(-c4cc5ccccc5nc4F)cc32)C1. The lowest BCUT2D eigenvalue weighted by molar-refractivity contribution is -0.00969. The van der Waals surface area contributed by atoms with Crippen LogP contribution in [0.15, 0.2) is 36.4 Å². The van der Waals surface area contributed by atoms with Crippen molar-refractivity contribution in [3.8, 4) is 11.3 Å². The minimum atomic E-state index is -0.515. The van der Waals surface area contributed by atoms with Crippen LogP contribution in [-0.2, 0) is 16.7 Å². The van der Waals surface area contributed by atoms with Gasteiger partial charge in [-0.05, 0) is 45.4 Å². The lowest BCUT2D eigenvalue weighted by Crippen LogP contribution is -2.61. The van der Waals surface area contributed by atoms with Gasteiger partial charge < -0.3 is 9.64 Å². The predicted molar refractivity (Wildman–Crippen MR) is 107 cm³/mol. The van der Waals surface area contributed by atoms with Gasteiger partial charge in [0.25, 0.3) is 0 Å². The number of carbonyl (C=O) groups excluding carboxylic acids is 1. The van der Waals surface area contributed by atoms with E-state index < -0.39 is 11.5 Å². The highest BCUT2D eigenvalue weighted by Gasteiger charge is 2.52. The lowest BCUT2D eigenvalue weighted by Gasteiger charge is -2.47. The van der Waals surface area contributed by atoms with Crippen LogP contribution < -0.4 is 0 Å². The van der Waals surface area contributed by atoms with Gasteiger partial charge in [-0.1, -0.05) is 18.2 Å². The quantitative estimate of drug-likeness (QED) is 0.583. The monoisotopic (exact) mass is 394 g/mol. The summed E-state index contributed by atoms with van der Waals surface area (Å²) in [6.07, 6.45) is 0.638. The molecule has 0 radical (unpaired) electrons. The van der Waals surface area contributed by atoms with Crippen LogP contribution in [-0.4, -0.2) is 44.4 Å². The average molecular weight is 394 g/mol. The van der Waals surface area contributed by atoms with Crippen molar-refractivity contribution < 1.29 is 13.9 Å². The molecule has 0 atom stereocenters. The first-order valence-corrected chi connectivity index (χ1v) is 9.86. The first kappa shape index (κ1) is 18.1. The van der Waals surface area contributed by atoms with Crippen LogP contribution in [0.5, 0.6) is 0 Å². The summed E-state index contributed by atoms with van der Waals surface area (Å²) in [5, 5.41) is 5.52. The summed E-state index contributed by atoms with van der Waals surface area (Å²) in [7, 11) is 0. The van der Waals surface area contributed by atoms with E-state index in [1.54, 1.807) is 17.0 Å². The van der Waals surface area contributed by atoms with E-state index in [2.05, 4.69) is 10.1 Å². The number of nitrogens with zero attached hydrogens (tertiary/aromatic N) is 4. The van der Waals surface area contributed by atoms with Crippen LogP contribution in [0.2, 0.25) is 0 Å². The molecule has 0 saturated carbocycles. The number of hydrogen-bond acceptors (Lipinski definition) is 4. The minimum absolute atomic E-state index is 0.122. The van der Waals surface area contributed by atoms with Gasteiger partial charge in [-0.15, -0.1) is 0 Å². The highest BCUT2D eigenvalue weighted by atomic mass is 19.1. The van der Waals surface area contributed by atoms with E-state index in [4.69, 9.17) is 4.74 Å². The fraction of sp³-hybridized carbons (Fsp3) is 0.409. The van der Waals surface area contributed by atoms with Crippen molar-refractivity contribution in [2.75, 3.05) is 13.1 Å². The summed E-state index contributed by atoms with van der Waals surface area (Å²) in [5.41, 5.74) is 2.05. The summed E-state index contributed by atoms with van der Waals surface area (Å²) in [6, 6.07) is 11.2. The first-order valence-electron chi connectivity index (χ1n) is 9.86. The molecule has 6 nitrogen and oxygen atoms in total. The Labute approximate surface area is 168 Å². The zero-order chi connectivity index (χ0) is 20.4. The van der Waals surface area contributed by atoms with Crippen molar-refractivity contribution in [1.29, 1.82) is 0 Å². The summed E-state index contributed by atoms with van der Waals surface area (Å²) in [4.78, 5) is 18.1. The van der Waals surface area contributed by atoms with Gasteiger partial charge in [0.15, 0.2) is 0 Å². The molecule has 2 aromatic heterocycles. The molecule has 1 saturated heterocycles. The van der Waals surface area contributed by atoms with E-state index >= 15 is 0 Å². The number of para-hydroxylation sites is 1. The van der Waals surface area contributed by atoms with Gasteiger partial charge in [0.1, 0.15) is 5.60 Å². The molecule has 3 aromatic rings. The van der Waals surface area contributed by atoms with Gasteiger partial charge >= 0.3 is 6.09 Å². The molecule has 29 heavy (non-hydrogen) atoms. The number of carbonyl (C=O) groups is 1. The second-order valence-corrected chi connectivity index (χ2v) is 9.02. The Balaban J connectivity index is 1.42. The normalized spacial score (nSPS) is 17.4. The molecule has 5 rings (SSSR count). The molecule has 1 amide bonds. The molecule has 150 valence electrons. The largest absolute Gasteiger partial charge is 0.444 e. The van der Waals surface area contributed by atoms with Gasteiger partial charge in [0.05, 0.1) is 16.8 Å². The van der Waals surface area contributed by atoms with Crippen LogP contribution >= 0.6 is 0 Å². The fourth-order valence-corrected chi connectivity index (χ4v) is 4.33. The van der Waals surface area contributed by atoms with Crippen LogP contribution in [0.3, 0.4) is 0 Å². The number of aromatic nitrogens is 3. The van der Waals surface area contributed by atoms with Gasteiger partial charge in [-0.25, -0.2) is 9.78 Å². The highest BCUT2D eigenvalue weighted by molar-refractivity contribution is 5.83. The molecule has 1 aromatic carbocycles. The molecule has 0 unspecified atom stereocenters. The number of likely N-dealkylation sites (tertiary alicyclic amines) is 1. The zero-order valence-corrected chi connectivity index (χ0v) is 16.8. The Bertz CT molecular complexity index is 1130. The number of benzene rings is 1. The molecular formula is C22H23FN4O2. The number of hydrogen-bond donors (Lipinski definition) is 0. The second kappa shape index (κ2) is 6.02. The lowest BCUT2D eigenvalue weighted by atomic mass is 9.76. The summed E-state index contributed by atoms with van der Waals surface area (Å²) < 4.78 is 22.1. The number of fused-ring (bicyclic) bond motifs is 3. The molecule has 2 aliphatic rings. The average Bonchev–Trinajstić information content (AvgIpc) is 3.17. The van der Waals surface area contributed by atoms with E-state index in [0.29, 0.717) is 29.9 Å². The Hall–Kier alpha value is -2.96. The molecular weight excluding hydrogens is 371 g/mol. The van der Waals surface area contributed by atoms with Crippen LogP contribution in [0.25, 0.3) is 22.2 Å². The third-order valence-electron chi connectivity index (χ3n) is 5.72. The van der Waals surface area contributed by atoms with Gasteiger partial charge in [-0.3, -0.25) is 4.68 Å². The molecule has 2 aliphatic heterocycles. The number of rotatable bonds is 1. The maximum absolute atomic E-state index is 14.7. The number of ether oxygens (including phenoxy) is 1. The second-order valence-electron chi connectivity index (χ2n) is 9.02. The third kappa shape index (κ3) is 2.96. The van der Waals surface area contributed by atoms with E-state index in [0.717, 1.165) is 24.0 Å². The van der Waals surface area contributed by atoms with Crippen molar-refractivity contribution in [2.24, 2.45) is 0 Å². The molecule has 7 heteroatoms. The van der Waals surface area contributed by atoms with Crippen LogP contribution in [0, 0.1) is 5.95 Å². The van der Waals surface area contributed by atoms with E-state index in [9.17, 15) is 9.18 Å². The summed E-state index contributed by atoms with van der Waals surface area (Å²) >= 11 is 0. The van der Waals surface area contributed by atoms with Crippen molar-refractivity contribution in [2.45, 2.75) is 44.8 Å². The van der Waals surface area contributed by atoms with Gasteiger partial charge in [-0.2, -0.15) is 9.49 Å². The Morgan fingerprint density at radius 1 is 1.21 bits per heavy atom.